The molecule has 84 valence electrons. The Balaban J connectivity index is 3.05. The number of carboxylic acids is 1. The van der Waals surface area contributed by atoms with Crippen molar-refractivity contribution in [3.63, 3.8) is 0 Å². The molecule has 0 fully saturated rings. The standard InChI is InChI=1S/C11H9ClO4/c1-6-4-7(2-3-8(6)12)9(13)5-10(14)11(15)16/h2-5,13H,1H3,(H,15,16). The zero-order chi connectivity index (χ0) is 12.3. The first kappa shape index (κ1) is 12.3. The molecule has 0 saturated carbocycles. The van der Waals surface area contributed by atoms with E-state index >= 15 is 0 Å². The van der Waals surface area contributed by atoms with E-state index in [1.807, 2.05) is 0 Å². The van der Waals surface area contributed by atoms with Gasteiger partial charge >= 0.3 is 5.97 Å². The topological polar surface area (TPSA) is 74.6 Å². The van der Waals surface area contributed by atoms with E-state index in [0.29, 0.717) is 16.7 Å². The molecule has 1 aromatic carbocycles. The monoisotopic (exact) mass is 240 g/mol. The Kier molecular flexibility index (Phi) is 3.68. The third-order valence-corrected chi connectivity index (χ3v) is 2.36. The minimum Gasteiger partial charge on any atom is -0.507 e. The summed E-state index contributed by atoms with van der Waals surface area (Å²) in [5.41, 5.74) is 1.07. The minimum atomic E-state index is -1.61. The fourth-order valence-corrected chi connectivity index (χ4v) is 1.19. The van der Waals surface area contributed by atoms with E-state index < -0.39 is 17.5 Å². The van der Waals surface area contributed by atoms with Gasteiger partial charge in [-0.1, -0.05) is 11.6 Å². The lowest BCUT2D eigenvalue weighted by atomic mass is 10.1. The molecule has 16 heavy (non-hydrogen) atoms. The molecule has 0 radical (unpaired) electrons. The largest absolute Gasteiger partial charge is 0.507 e. The summed E-state index contributed by atoms with van der Waals surface area (Å²) >= 11 is 5.78. The molecule has 4 nitrogen and oxygen atoms in total. The maximum Gasteiger partial charge on any atom is 0.376 e. The molecule has 0 aliphatic carbocycles. The van der Waals surface area contributed by atoms with Crippen molar-refractivity contribution < 1.29 is 19.8 Å². The summed E-state index contributed by atoms with van der Waals surface area (Å²) in [7, 11) is 0. The normalized spacial score (nSPS) is 11.2. The lowest BCUT2D eigenvalue weighted by Crippen LogP contribution is -2.09. The van der Waals surface area contributed by atoms with E-state index in [-0.39, 0.29) is 0 Å². The minimum absolute atomic E-state index is 0.344. The molecule has 2 N–H and O–H groups in total. The van der Waals surface area contributed by atoms with Crippen molar-refractivity contribution >= 4 is 29.1 Å². The maximum atomic E-state index is 10.8. The second-order valence-electron chi connectivity index (χ2n) is 3.16. The van der Waals surface area contributed by atoms with Gasteiger partial charge in [0.25, 0.3) is 5.78 Å². The van der Waals surface area contributed by atoms with Gasteiger partial charge in [0.05, 0.1) is 0 Å². The van der Waals surface area contributed by atoms with Gasteiger partial charge in [-0.05, 0) is 30.7 Å². The molecule has 0 heterocycles. The number of carboxylic acid groups (broad SMARTS) is 1. The molecule has 0 bridgehead atoms. The van der Waals surface area contributed by atoms with Gasteiger partial charge in [-0.3, -0.25) is 4.79 Å². The predicted octanol–water partition coefficient (Wildman–Crippen LogP) is 2.20. The maximum absolute atomic E-state index is 10.8. The SMILES string of the molecule is Cc1cc(C(O)=CC(=O)C(=O)O)ccc1Cl. The van der Waals surface area contributed by atoms with Crippen molar-refractivity contribution in [2.24, 2.45) is 0 Å². The van der Waals surface area contributed by atoms with E-state index in [0.717, 1.165) is 5.56 Å². The highest BCUT2D eigenvalue weighted by atomic mass is 35.5. The third-order valence-electron chi connectivity index (χ3n) is 1.93. The molecule has 0 aromatic heterocycles. The van der Waals surface area contributed by atoms with Gasteiger partial charge in [0.2, 0.25) is 0 Å². The van der Waals surface area contributed by atoms with Crippen molar-refractivity contribution in [3.8, 4) is 0 Å². The molecule has 0 atom stereocenters. The lowest BCUT2D eigenvalue weighted by Gasteiger charge is -2.02. The first-order valence-corrected chi connectivity index (χ1v) is 4.74. The van der Waals surface area contributed by atoms with Crippen LogP contribution in [0.3, 0.4) is 0 Å². The molecule has 0 aliphatic rings. The van der Waals surface area contributed by atoms with Crippen molar-refractivity contribution in [2.45, 2.75) is 6.92 Å². The number of aryl methyl sites for hydroxylation is 1. The molecule has 1 rings (SSSR count). The zero-order valence-electron chi connectivity index (χ0n) is 8.40. The smallest absolute Gasteiger partial charge is 0.376 e. The van der Waals surface area contributed by atoms with Crippen LogP contribution in [-0.2, 0) is 9.59 Å². The van der Waals surface area contributed by atoms with Gasteiger partial charge in [0, 0.05) is 16.7 Å². The Hall–Kier alpha value is -1.81. The van der Waals surface area contributed by atoms with Crippen LogP contribution in [0, 0.1) is 6.92 Å². The molecule has 0 saturated heterocycles. The number of rotatable bonds is 3. The van der Waals surface area contributed by atoms with Crippen LogP contribution in [-0.4, -0.2) is 22.0 Å². The summed E-state index contributed by atoms with van der Waals surface area (Å²) < 4.78 is 0. The first-order valence-electron chi connectivity index (χ1n) is 4.36. The van der Waals surface area contributed by atoms with Crippen LogP contribution in [0.5, 0.6) is 0 Å². The highest BCUT2D eigenvalue weighted by molar-refractivity contribution is 6.38. The number of halogens is 1. The highest BCUT2D eigenvalue weighted by Crippen LogP contribution is 2.20. The number of aliphatic carboxylic acids is 1. The van der Waals surface area contributed by atoms with Gasteiger partial charge < -0.3 is 10.2 Å². The lowest BCUT2D eigenvalue weighted by molar-refractivity contribution is -0.146. The number of aliphatic hydroxyl groups excluding tert-OH is 1. The second kappa shape index (κ2) is 4.81. The number of hydrogen-bond donors (Lipinski definition) is 2. The van der Waals surface area contributed by atoms with Gasteiger partial charge in [0.15, 0.2) is 0 Å². The van der Waals surface area contributed by atoms with Gasteiger partial charge in [-0.15, -0.1) is 0 Å². The number of aliphatic hydroxyl groups is 1. The Labute approximate surface area is 96.8 Å². The van der Waals surface area contributed by atoms with Crippen LogP contribution < -0.4 is 0 Å². The van der Waals surface area contributed by atoms with Crippen LogP contribution in [0.1, 0.15) is 11.1 Å². The number of hydrogen-bond acceptors (Lipinski definition) is 3. The summed E-state index contributed by atoms with van der Waals surface area (Å²) in [6.45, 7) is 1.73. The van der Waals surface area contributed by atoms with Crippen molar-refractivity contribution in [1.82, 2.24) is 0 Å². The number of carbonyl (C=O) groups excluding carboxylic acids is 1. The molecule has 5 heteroatoms. The molecule has 0 spiro atoms. The van der Waals surface area contributed by atoms with Gasteiger partial charge in [-0.25, -0.2) is 4.79 Å². The van der Waals surface area contributed by atoms with Crippen molar-refractivity contribution in [1.29, 1.82) is 0 Å². The average molecular weight is 241 g/mol. The Bertz CT molecular complexity index is 477. The van der Waals surface area contributed by atoms with Crippen LogP contribution in [0.2, 0.25) is 5.02 Å². The van der Waals surface area contributed by atoms with Gasteiger partial charge in [0.1, 0.15) is 5.76 Å². The summed E-state index contributed by atoms with van der Waals surface area (Å²) in [4.78, 5) is 21.1. The second-order valence-corrected chi connectivity index (χ2v) is 3.57. The summed E-state index contributed by atoms with van der Waals surface area (Å²) in [5.74, 6) is -3.19. The van der Waals surface area contributed by atoms with Crippen molar-refractivity contribution in [2.75, 3.05) is 0 Å². The Morgan fingerprint density at radius 2 is 1.94 bits per heavy atom. The summed E-state index contributed by atoms with van der Waals surface area (Å²) in [5, 5.41) is 18.4. The number of benzene rings is 1. The predicted molar refractivity (Wildman–Crippen MR) is 59.4 cm³/mol. The molecule has 0 amide bonds. The zero-order valence-corrected chi connectivity index (χ0v) is 9.15. The fraction of sp³-hybridized carbons (Fsp3) is 0.0909. The van der Waals surface area contributed by atoms with E-state index in [9.17, 15) is 14.7 Å². The van der Waals surface area contributed by atoms with E-state index in [2.05, 4.69) is 0 Å². The number of ketones is 1. The third kappa shape index (κ3) is 2.84. The van der Waals surface area contributed by atoms with E-state index in [4.69, 9.17) is 16.7 Å². The van der Waals surface area contributed by atoms with Crippen LogP contribution in [0.25, 0.3) is 5.76 Å². The van der Waals surface area contributed by atoms with E-state index in [1.165, 1.54) is 6.07 Å². The Morgan fingerprint density at radius 3 is 2.44 bits per heavy atom. The van der Waals surface area contributed by atoms with Crippen LogP contribution in [0.4, 0.5) is 0 Å². The average Bonchev–Trinajstić information content (AvgIpc) is 2.21. The summed E-state index contributed by atoms with van der Waals surface area (Å²) in [6, 6.07) is 4.61. The Morgan fingerprint density at radius 1 is 1.31 bits per heavy atom. The first-order chi connectivity index (χ1) is 7.41. The quantitative estimate of drug-likeness (QED) is 0.483. The summed E-state index contributed by atoms with van der Waals surface area (Å²) in [6.07, 6.45) is 0.658. The molecule has 1 aromatic rings. The van der Waals surface area contributed by atoms with Gasteiger partial charge in [-0.2, -0.15) is 0 Å². The number of carbonyl (C=O) groups is 2. The van der Waals surface area contributed by atoms with E-state index in [1.54, 1.807) is 19.1 Å². The fourth-order valence-electron chi connectivity index (χ4n) is 1.07. The highest BCUT2D eigenvalue weighted by Gasteiger charge is 2.10. The molecule has 0 aliphatic heterocycles. The van der Waals surface area contributed by atoms with Crippen LogP contribution in [0.15, 0.2) is 24.3 Å². The molecular formula is C11H9ClO4. The molecular weight excluding hydrogens is 232 g/mol. The molecule has 0 unspecified atom stereocenters. The van der Waals surface area contributed by atoms with Crippen LogP contribution >= 0.6 is 11.6 Å². The van der Waals surface area contributed by atoms with Crippen molar-refractivity contribution in [3.05, 3.63) is 40.4 Å².